The molecule has 4 rings (SSSR count). The van der Waals surface area contributed by atoms with Gasteiger partial charge in [0.05, 0.1) is 26.4 Å². The quantitative estimate of drug-likeness (QED) is 0.453. The average molecular weight is 497 g/mol. The van der Waals surface area contributed by atoms with Crippen LogP contribution in [0.25, 0.3) is 0 Å². The zero-order valence-corrected chi connectivity index (χ0v) is 20.3. The lowest BCUT2D eigenvalue weighted by Gasteiger charge is -2.15. The molecule has 0 atom stereocenters. The average Bonchev–Trinajstić information content (AvgIpc) is 2.91. The Balaban J connectivity index is 1.36. The maximum atomic E-state index is 5.89. The summed E-state index contributed by atoms with van der Waals surface area (Å²) in [6.07, 6.45) is 0. The maximum Gasteiger partial charge on any atom is 0.161 e. The summed E-state index contributed by atoms with van der Waals surface area (Å²) < 4.78 is 46.5. The van der Waals surface area contributed by atoms with Crippen molar-refractivity contribution in [3.63, 3.8) is 0 Å². The van der Waals surface area contributed by atoms with Gasteiger partial charge < -0.3 is 37.9 Å². The Labute approximate surface area is 211 Å². The summed E-state index contributed by atoms with van der Waals surface area (Å²) in [5, 5.41) is 0. The summed E-state index contributed by atoms with van der Waals surface area (Å²) in [5.74, 6) is 3.94. The van der Waals surface area contributed by atoms with E-state index >= 15 is 0 Å². The highest BCUT2D eigenvalue weighted by Gasteiger charge is 2.08. The highest BCUT2D eigenvalue weighted by Crippen LogP contribution is 2.28. The van der Waals surface area contributed by atoms with Gasteiger partial charge in [-0.15, -0.1) is 0 Å². The first-order valence-corrected chi connectivity index (χ1v) is 12.1. The smallest absolute Gasteiger partial charge is 0.161 e. The van der Waals surface area contributed by atoms with Gasteiger partial charge in [-0.25, -0.2) is 0 Å². The van der Waals surface area contributed by atoms with Gasteiger partial charge in [0.1, 0.15) is 39.6 Å². The van der Waals surface area contributed by atoms with Crippen LogP contribution in [0.4, 0.5) is 0 Å². The topological polar surface area (TPSA) is 73.8 Å². The van der Waals surface area contributed by atoms with Gasteiger partial charge in [0, 0.05) is 0 Å². The van der Waals surface area contributed by atoms with Crippen LogP contribution in [0.2, 0.25) is 0 Å². The minimum Gasteiger partial charge on any atom is -0.487 e. The third-order valence-electron chi connectivity index (χ3n) is 5.09. The number of fused-ring (bicyclic) bond motifs is 3. The summed E-state index contributed by atoms with van der Waals surface area (Å²) in [6, 6.07) is 22.6. The van der Waals surface area contributed by atoms with E-state index in [1.807, 2.05) is 72.8 Å². The fraction of sp³-hybridized carbons (Fsp3) is 0.357. The summed E-state index contributed by atoms with van der Waals surface area (Å²) >= 11 is 0. The molecular formula is C28H32O8. The second-order valence-corrected chi connectivity index (χ2v) is 7.66. The molecule has 0 amide bonds. The molecule has 0 N–H and O–H groups in total. The fourth-order valence-corrected chi connectivity index (χ4v) is 3.42. The highest BCUT2D eigenvalue weighted by molar-refractivity contribution is 5.41. The first kappa shape index (κ1) is 25.5. The first-order chi connectivity index (χ1) is 17.9. The van der Waals surface area contributed by atoms with Crippen molar-refractivity contribution in [2.75, 3.05) is 66.1 Å². The molecule has 1 heterocycles. The SMILES string of the molecule is c1ccc2c(c1)OCCOCCOc1ccccc1OCCOc1ccccc1OCCOCCO2. The molecule has 0 spiro atoms. The van der Waals surface area contributed by atoms with Crippen LogP contribution in [-0.2, 0) is 9.47 Å². The number of hydrogen-bond donors (Lipinski definition) is 0. The molecule has 3 aromatic carbocycles. The molecule has 0 saturated carbocycles. The van der Waals surface area contributed by atoms with Crippen molar-refractivity contribution in [1.82, 2.24) is 0 Å². The van der Waals surface area contributed by atoms with E-state index in [4.69, 9.17) is 37.9 Å². The normalized spacial score (nSPS) is 16.3. The number of benzene rings is 3. The number of hydrogen-bond acceptors (Lipinski definition) is 8. The Morgan fingerprint density at radius 3 is 0.694 bits per heavy atom. The third kappa shape index (κ3) is 8.25. The predicted octanol–water partition coefficient (Wildman–Crippen LogP) is 4.41. The van der Waals surface area contributed by atoms with E-state index < -0.39 is 0 Å². The maximum absolute atomic E-state index is 5.89. The molecule has 0 bridgehead atoms. The van der Waals surface area contributed by atoms with Crippen LogP contribution in [0.3, 0.4) is 0 Å². The van der Waals surface area contributed by atoms with Gasteiger partial charge in [-0.1, -0.05) is 36.4 Å². The van der Waals surface area contributed by atoms with Gasteiger partial charge in [-0.2, -0.15) is 0 Å². The van der Waals surface area contributed by atoms with Gasteiger partial charge in [-0.3, -0.25) is 0 Å². The lowest BCUT2D eigenvalue weighted by molar-refractivity contribution is 0.0684. The second-order valence-electron chi connectivity index (χ2n) is 7.66. The van der Waals surface area contributed by atoms with Crippen molar-refractivity contribution in [1.29, 1.82) is 0 Å². The van der Waals surface area contributed by atoms with E-state index in [0.29, 0.717) is 101 Å². The summed E-state index contributed by atoms with van der Waals surface area (Å²) in [5.41, 5.74) is 0. The molecule has 0 fully saturated rings. The fourth-order valence-electron chi connectivity index (χ4n) is 3.42. The molecule has 0 aliphatic carbocycles. The largest absolute Gasteiger partial charge is 0.487 e. The molecule has 8 nitrogen and oxygen atoms in total. The van der Waals surface area contributed by atoms with Crippen LogP contribution in [0.15, 0.2) is 72.8 Å². The van der Waals surface area contributed by atoms with Gasteiger partial charge in [-0.05, 0) is 36.4 Å². The molecule has 1 aliphatic rings. The minimum absolute atomic E-state index is 0.354. The molecule has 3 aromatic rings. The molecule has 0 radical (unpaired) electrons. The molecule has 192 valence electrons. The van der Waals surface area contributed by atoms with Crippen molar-refractivity contribution in [3.8, 4) is 34.5 Å². The summed E-state index contributed by atoms with van der Waals surface area (Å²) in [4.78, 5) is 0. The van der Waals surface area contributed by atoms with E-state index in [9.17, 15) is 0 Å². The van der Waals surface area contributed by atoms with Crippen LogP contribution >= 0.6 is 0 Å². The molecule has 1 aliphatic heterocycles. The van der Waals surface area contributed by atoms with Crippen LogP contribution in [-0.4, -0.2) is 66.1 Å². The highest BCUT2D eigenvalue weighted by atomic mass is 16.6. The predicted molar refractivity (Wildman–Crippen MR) is 134 cm³/mol. The number of para-hydroxylation sites is 6. The van der Waals surface area contributed by atoms with E-state index in [0.717, 1.165) is 0 Å². The van der Waals surface area contributed by atoms with Gasteiger partial charge in [0.15, 0.2) is 34.5 Å². The lowest BCUT2D eigenvalue weighted by atomic mass is 10.3. The monoisotopic (exact) mass is 496 g/mol. The van der Waals surface area contributed by atoms with Gasteiger partial charge in [0.25, 0.3) is 0 Å². The molecule has 0 unspecified atom stereocenters. The van der Waals surface area contributed by atoms with Crippen molar-refractivity contribution in [3.05, 3.63) is 72.8 Å². The summed E-state index contributed by atoms with van der Waals surface area (Å²) in [6.45, 7) is 3.99. The molecule has 0 saturated heterocycles. The van der Waals surface area contributed by atoms with Crippen LogP contribution < -0.4 is 28.4 Å². The van der Waals surface area contributed by atoms with Crippen molar-refractivity contribution < 1.29 is 37.9 Å². The van der Waals surface area contributed by atoms with Crippen molar-refractivity contribution in [2.24, 2.45) is 0 Å². The van der Waals surface area contributed by atoms with E-state index in [1.165, 1.54) is 0 Å². The van der Waals surface area contributed by atoms with Crippen LogP contribution in [0.5, 0.6) is 34.5 Å². The Kier molecular flexibility index (Phi) is 10.4. The molecule has 8 heteroatoms. The molecule has 36 heavy (non-hydrogen) atoms. The van der Waals surface area contributed by atoms with E-state index in [2.05, 4.69) is 0 Å². The first-order valence-electron chi connectivity index (χ1n) is 12.1. The Morgan fingerprint density at radius 2 is 0.472 bits per heavy atom. The van der Waals surface area contributed by atoms with Crippen molar-refractivity contribution >= 4 is 0 Å². The van der Waals surface area contributed by atoms with Crippen LogP contribution in [0, 0.1) is 0 Å². The second kappa shape index (κ2) is 14.7. The standard InChI is InChI=1S/C28H32O8/c1-2-8-24-23(7-1)31-17-13-29-15-19-33-25-9-3-5-11-27(25)35-21-22-36-28-12-6-4-10-26(28)34-20-16-30-14-18-32-24/h1-12H,13-22H2. The molecule has 0 aromatic heterocycles. The van der Waals surface area contributed by atoms with E-state index in [-0.39, 0.29) is 0 Å². The summed E-state index contributed by atoms with van der Waals surface area (Å²) in [7, 11) is 0. The Hall–Kier alpha value is -3.62. The Morgan fingerprint density at radius 1 is 0.278 bits per heavy atom. The Bertz CT molecular complexity index is 959. The zero-order valence-electron chi connectivity index (χ0n) is 20.3. The minimum atomic E-state index is 0.354. The molecular weight excluding hydrogens is 464 g/mol. The van der Waals surface area contributed by atoms with Gasteiger partial charge in [0.2, 0.25) is 0 Å². The number of ether oxygens (including phenoxy) is 8. The third-order valence-corrected chi connectivity index (χ3v) is 5.09. The van der Waals surface area contributed by atoms with E-state index in [1.54, 1.807) is 0 Å². The van der Waals surface area contributed by atoms with Crippen LogP contribution in [0.1, 0.15) is 0 Å². The lowest BCUT2D eigenvalue weighted by Crippen LogP contribution is -2.15. The van der Waals surface area contributed by atoms with Gasteiger partial charge >= 0.3 is 0 Å². The van der Waals surface area contributed by atoms with Crippen molar-refractivity contribution in [2.45, 2.75) is 0 Å². The number of rotatable bonds is 0. The zero-order chi connectivity index (χ0) is 24.7.